The van der Waals surface area contributed by atoms with Crippen LogP contribution in [0, 0.1) is 0 Å². The van der Waals surface area contributed by atoms with Crippen LogP contribution >= 0.6 is 0 Å². The zero-order chi connectivity index (χ0) is 43.3. The molecule has 10 aromatic carbocycles. The summed E-state index contributed by atoms with van der Waals surface area (Å²) in [6, 6.07) is 79.6. The zero-order valence-corrected chi connectivity index (χ0v) is 35.7. The van der Waals surface area contributed by atoms with Gasteiger partial charge in [0.25, 0.3) is 0 Å². The molecule has 0 saturated carbocycles. The minimum absolute atomic E-state index is 1.03. The Morgan fingerprint density at radius 2 is 0.697 bits per heavy atom. The summed E-state index contributed by atoms with van der Waals surface area (Å²) in [5.41, 5.74) is 16.1. The Labute approximate surface area is 379 Å². The van der Waals surface area contributed by atoms with Gasteiger partial charge in [0, 0.05) is 66.9 Å². The summed E-state index contributed by atoms with van der Waals surface area (Å²) in [7, 11) is 0. The lowest BCUT2D eigenvalue weighted by Crippen LogP contribution is -1.95. The first-order chi connectivity index (χ1) is 32.7. The fourth-order valence-corrected chi connectivity index (χ4v) is 10.8. The predicted octanol–water partition coefficient (Wildman–Crippen LogP) is 16.3. The second-order valence-corrected chi connectivity index (χ2v) is 17.4. The van der Waals surface area contributed by atoms with Crippen molar-refractivity contribution in [3.8, 4) is 44.8 Å². The lowest BCUT2D eigenvalue weighted by molar-refractivity contribution is 1.18. The number of fused-ring (bicyclic) bond motifs is 12. The molecule has 4 heteroatoms. The van der Waals surface area contributed by atoms with Gasteiger partial charge in [-0.2, -0.15) is 0 Å². The third-order valence-electron chi connectivity index (χ3n) is 13.7. The van der Waals surface area contributed by atoms with Crippen molar-refractivity contribution in [1.29, 1.82) is 0 Å². The number of rotatable bonds is 5. The number of para-hydroxylation sites is 2. The topological polar surface area (TPSA) is 35.6 Å². The number of nitrogens with zero attached hydrogens (tertiary/aromatic N) is 4. The van der Waals surface area contributed by atoms with E-state index in [1.54, 1.807) is 0 Å². The van der Waals surface area contributed by atoms with E-state index >= 15 is 0 Å². The largest absolute Gasteiger partial charge is 0.309 e. The van der Waals surface area contributed by atoms with Gasteiger partial charge in [-0.1, -0.05) is 146 Å². The SMILES string of the molecule is c1cc(-c2cccc3ccc4cccnc4c23)cc(-n2c3ccccc3c3cc(-c4ccc5c(c4)c4ccccc4n5-c4cccc(-c5cccc6ccc7cccnc7c56)c4)ccc32)c1. The van der Waals surface area contributed by atoms with Gasteiger partial charge in [-0.05, 0) is 117 Å². The van der Waals surface area contributed by atoms with Gasteiger partial charge in [0.1, 0.15) is 0 Å². The van der Waals surface area contributed by atoms with Crippen LogP contribution in [0.1, 0.15) is 0 Å². The van der Waals surface area contributed by atoms with E-state index in [-0.39, 0.29) is 0 Å². The molecule has 0 saturated heterocycles. The molecule has 0 unspecified atom stereocenters. The molecule has 0 N–H and O–H groups in total. The van der Waals surface area contributed by atoms with Crippen LogP contribution < -0.4 is 0 Å². The van der Waals surface area contributed by atoms with E-state index in [0.29, 0.717) is 0 Å². The number of hydrogen-bond donors (Lipinski definition) is 0. The van der Waals surface area contributed by atoms with Crippen LogP contribution in [0.15, 0.2) is 231 Å². The minimum atomic E-state index is 1.03. The van der Waals surface area contributed by atoms with E-state index in [2.05, 4.69) is 215 Å². The first-order valence-corrected chi connectivity index (χ1v) is 22.5. The first kappa shape index (κ1) is 36.6. The highest BCUT2D eigenvalue weighted by atomic mass is 15.0. The zero-order valence-electron chi connectivity index (χ0n) is 35.7. The molecule has 14 aromatic rings. The first-order valence-electron chi connectivity index (χ1n) is 22.5. The molecule has 0 bridgehead atoms. The van der Waals surface area contributed by atoms with Crippen LogP contribution in [-0.2, 0) is 0 Å². The Morgan fingerprint density at radius 1 is 0.273 bits per heavy atom. The molecule has 0 aliphatic rings. The summed E-state index contributed by atoms with van der Waals surface area (Å²) in [6.07, 6.45) is 3.79. The molecule has 0 radical (unpaired) electrons. The molecule has 0 aliphatic heterocycles. The average molecular weight is 839 g/mol. The molecule has 4 nitrogen and oxygen atoms in total. The van der Waals surface area contributed by atoms with Gasteiger partial charge >= 0.3 is 0 Å². The molecule has 0 aliphatic carbocycles. The Hall–Kier alpha value is -8.86. The molecule has 0 amide bonds. The minimum Gasteiger partial charge on any atom is -0.309 e. The third kappa shape index (κ3) is 5.52. The highest BCUT2D eigenvalue weighted by Crippen LogP contribution is 2.41. The lowest BCUT2D eigenvalue weighted by atomic mass is 9.95. The maximum absolute atomic E-state index is 4.85. The standard InChI is InChI=1S/C62H38N4/c1-3-23-55-51(19-1)53-37-43(29-31-57(53)65(55)47-17-5-13-45(35-47)49-21-7-11-39-25-27-41-15-9-33-63-61(41)59(39)49)44-30-32-58-54(38-44)52-20-2-4-24-56(52)66(58)48-18-6-14-46(36-48)50-22-8-12-40-26-28-42-16-10-34-64-62(42)60(40)50/h1-38H. The van der Waals surface area contributed by atoms with Crippen molar-refractivity contribution in [2.45, 2.75) is 0 Å². The molecule has 4 aromatic heterocycles. The third-order valence-corrected chi connectivity index (χ3v) is 13.7. The molecule has 4 heterocycles. The number of aromatic nitrogens is 4. The summed E-state index contributed by atoms with van der Waals surface area (Å²) in [6.45, 7) is 0. The Morgan fingerprint density at radius 3 is 1.20 bits per heavy atom. The van der Waals surface area contributed by atoms with Crippen molar-refractivity contribution in [1.82, 2.24) is 19.1 Å². The summed E-state index contributed by atoms with van der Waals surface area (Å²) in [5, 5.41) is 11.9. The van der Waals surface area contributed by atoms with E-state index in [9.17, 15) is 0 Å². The summed E-state index contributed by atoms with van der Waals surface area (Å²) in [5.74, 6) is 0. The van der Waals surface area contributed by atoms with E-state index in [4.69, 9.17) is 9.97 Å². The summed E-state index contributed by atoms with van der Waals surface area (Å²) >= 11 is 0. The van der Waals surface area contributed by atoms with Crippen molar-refractivity contribution in [2.24, 2.45) is 0 Å². The molecule has 0 atom stereocenters. The maximum Gasteiger partial charge on any atom is 0.0786 e. The van der Waals surface area contributed by atoms with Crippen molar-refractivity contribution in [3.05, 3.63) is 231 Å². The molecular formula is C62H38N4. The van der Waals surface area contributed by atoms with E-state index in [1.807, 2.05) is 24.5 Å². The van der Waals surface area contributed by atoms with E-state index < -0.39 is 0 Å². The van der Waals surface area contributed by atoms with Gasteiger partial charge in [-0.25, -0.2) is 0 Å². The van der Waals surface area contributed by atoms with Crippen LogP contribution in [0.2, 0.25) is 0 Å². The van der Waals surface area contributed by atoms with Gasteiger partial charge in [-0.3, -0.25) is 9.97 Å². The molecule has 306 valence electrons. The van der Waals surface area contributed by atoms with Gasteiger partial charge in [-0.15, -0.1) is 0 Å². The molecule has 14 rings (SSSR count). The van der Waals surface area contributed by atoms with Crippen LogP contribution in [0.5, 0.6) is 0 Å². The molecular weight excluding hydrogens is 801 g/mol. The van der Waals surface area contributed by atoms with Crippen LogP contribution in [0.4, 0.5) is 0 Å². The fourth-order valence-electron chi connectivity index (χ4n) is 10.8. The number of benzene rings is 10. The molecule has 0 spiro atoms. The molecule has 66 heavy (non-hydrogen) atoms. The van der Waals surface area contributed by atoms with Gasteiger partial charge in [0.15, 0.2) is 0 Å². The summed E-state index contributed by atoms with van der Waals surface area (Å²) in [4.78, 5) is 9.70. The summed E-state index contributed by atoms with van der Waals surface area (Å²) < 4.78 is 4.84. The highest BCUT2D eigenvalue weighted by molar-refractivity contribution is 6.15. The van der Waals surface area contributed by atoms with Crippen molar-refractivity contribution < 1.29 is 0 Å². The van der Waals surface area contributed by atoms with Crippen molar-refractivity contribution >= 4 is 87.0 Å². The van der Waals surface area contributed by atoms with Crippen molar-refractivity contribution in [2.75, 3.05) is 0 Å². The van der Waals surface area contributed by atoms with Gasteiger partial charge in [0.2, 0.25) is 0 Å². The van der Waals surface area contributed by atoms with E-state index in [1.165, 1.54) is 87.4 Å². The maximum atomic E-state index is 4.85. The Bertz CT molecular complexity index is 4030. The fraction of sp³-hybridized carbons (Fsp3) is 0. The monoisotopic (exact) mass is 838 g/mol. The molecule has 0 fully saturated rings. The average Bonchev–Trinajstić information content (AvgIpc) is 3.90. The second kappa shape index (κ2) is 14.3. The van der Waals surface area contributed by atoms with Crippen LogP contribution in [0.3, 0.4) is 0 Å². The predicted molar refractivity (Wildman–Crippen MR) is 277 cm³/mol. The van der Waals surface area contributed by atoms with E-state index in [0.717, 1.165) is 44.3 Å². The normalized spacial score (nSPS) is 11.9. The second-order valence-electron chi connectivity index (χ2n) is 17.4. The smallest absolute Gasteiger partial charge is 0.0786 e. The van der Waals surface area contributed by atoms with Crippen LogP contribution in [0.25, 0.3) is 132 Å². The number of pyridine rings is 2. The highest BCUT2D eigenvalue weighted by Gasteiger charge is 2.18. The number of hydrogen-bond acceptors (Lipinski definition) is 2. The Kier molecular flexibility index (Phi) is 7.95. The quantitative estimate of drug-likeness (QED) is 0.162. The van der Waals surface area contributed by atoms with Crippen molar-refractivity contribution in [3.63, 3.8) is 0 Å². The van der Waals surface area contributed by atoms with Crippen LogP contribution in [-0.4, -0.2) is 19.1 Å². The van der Waals surface area contributed by atoms with Gasteiger partial charge in [0.05, 0.1) is 33.1 Å². The lowest BCUT2D eigenvalue weighted by Gasteiger charge is -2.13. The Balaban J connectivity index is 0.893. The van der Waals surface area contributed by atoms with Gasteiger partial charge < -0.3 is 9.13 Å².